The molecule has 0 saturated carbocycles. The minimum atomic E-state index is 0.362. The normalized spacial score (nSPS) is 17.0. The van der Waals surface area contributed by atoms with Crippen LogP contribution in [0.25, 0.3) is 5.65 Å². The summed E-state index contributed by atoms with van der Waals surface area (Å²) in [5, 5.41) is 8.05. The van der Waals surface area contributed by atoms with E-state index in [9.17, 15) is 0 Å². The van der Waals surface area contributed by atoms with Gasteiger partial charge in [0.1, 0.15) is 17.9 Å². The Morgan fingerprint density at radius 3 is 2.76 bits per heavy atom. The van der Waals surface area contributed by atoms with Crippen molar-refractivity contribution in [3.8, 4) is 5.75 Å². The molecule has 2 aromatic heterocycles. The van der Waals surface area contributed by atoms with Gasteiger partial charge in [-0.05, 0) is 24.6 Å². The number of anilines is 1. The molecule has 3 heterocycles. The van der Waals surface area contributed by atoms with Gasteiger partial charge in [-0.1, -0.05) is 12.1 Å². The molecule has 1 aromatic carbocycles. The monoisotopic (exact) mass is 338 g/mol. The summed E-state index contributed by atoms with van der Waals surface area (Å²) in [4.78, 5) is 9.14. The highest BCUT2D eigenvalue weighted by Crippen LogP contribution is 2.26. The lowest BCUT2D eigenvalue weighted by Gasteiger charge is -2.39. The van der Waals surface area contributed by atoms with Crippen LogP contribution in [-0.4, -0.2) is 57.8 Å². The van der Waals surface area contributed by atoms with Crippen molar-refractivity contribution in [1.82, 2.24) is 24.5 Å². The molecule has 130 valence electrons. The van der Waals surface area contributed by atoms with Crippen molar-refractivity contribution in [3.05, 3.63) is 48.5 Å². The first-order valence-electron chi connectivity index (χ1n) is 8.53. The van der Waals surface area contributed by atoms with E-state index in [4.69, 9.17) is 4.74 Å². The fraction of sp³-hybridized carbons (Fsp3) is 0.389. The molecular weight excluding hydrogens is 316 g/mol. The number of hydrogen-bond acceptors (Lipinski definition) is 6. The fourth-order valence-corrected chi connectivity index (χ4v) is 3.43. The molecule has 0 N–H and O–H groups in total. The van der Waals surface area contributed by atoms with Crippen LogP contribution in [0.2, 0.25) is 0 Å². The largest absolute Gasteiger partial charge is 0.497 e. The Balaban J connectivity index is 1.47. The molecule has 1 unspecified atom stereocenters. The first kappa shape index (κ1) is 15.8. The minimum absolute atomic E-state index is 0.362. The van der Waals surface area contributed by atoms with Crippen molar-refractivity contribution in [2.24, 2.45) is 0 Å². The lowest BCUT2D eigenvalue weighted by atomic mass is 10.1. The topological polar surface area (TPSA) is 58.8 Å². The van der Waals surface area contributed by atoms with Crippen LogP contribution in [0, 0.1) is 0 Å². The molecule has 1 saturated heterocycles. The lowest BCUT2D eigenvalue weighted by molar-refractivity contribution is 0.198. The van der Waals surface area contributed by atoms with Gasteiger partial charge in [0.05, 0.1) is 19.5 Å². The van der Waals surface area contributed by atoms with Gasteiger partial charge in [0, 0.05) is 32.2 Å². The summed E-state index contributed by atoms with van der Waals surface area (Å²) in [6.07, 6.45) is 5.37. The smallest absolute Gasteiger partial charge is 0.180 e. The van der Waals surface area contributed by atoms with Gasteiger partial charge in [-0.2, -0.15) is 0 Å². The van der Waals surface area contributed by atoms with Crippen LogP contribution in [0.15, 0.2) is 43.0 Å². The average Bonchev–Trinajstić information content (AvgIpc) is 3.16. The van der Waals surface area contributed by atoms with Gasteiger partial charge in [0.15, 0.2) is 5.65 Å². The third-order valence-corrected chi connectivity index (χ3v) is 4.96. The van der Waals surface area contributed by atoms with E-state index in [1.54, 1.807) is 19.6 Å². The van der Waals surface area contributed by atoms with Crippen LogP contribution >= 0.6 is 0 Å². The molecule has 1 fully saturated rings. The number of fused-ring (bicyclic) bond motifs is 1. The number of methoxy groups -OCH3 is 1. The highest BCUT2D eigenvalue weighted by atomic mass is 16.5. The Labute approximate surface area is 146 Å². The van der Waals surface area contributed by atoms with E-state index < -0.39 is 0 Å². The van der Waals surface area contributed by atoms with Crippen molar-refractivity contribution >= 4 is 11.5 Å². The number of rotatable bonds is 4. The number of hydrogen-bond donors (Lipinski definition) is 0. The molecule has 7 nitrogen and oxygen atoms in total. The van der Waals surface area contributed by atoms with E-state index >= 15 is 0 Å². The molecule has 0 amide bonds. The SMILES string of the molecule is COc1cccc(C(C)N2CCN(c3cncc4nncn34)CC2)c1. The molecule has 0 aliphatic carbocycles. The first-order chi connectivity index (χ1) is 12.3. The van der Waals surface area contributed by atoms with Crippen LogP contribution in [0.3, 0.4) is 0 Å². The Kier molecular flexibility index (Phi) is 4.23. The third kappa shape index (κ3) is 3.02. The lowest BCUT2D eigenvalue weighted by Crippen LogP contribution is -2.47. The van der Waals surface area contributed by atoms with E-state index in [1.807, 2.05) is 16.7 Å². The predicted molar refractivity (Wildman–Crippen MR) is 96.0 cm³/mol. The maximum atomic E-state index is 5.35. The molecule has 1 aliphatic heterocycles. The zero-order chi connectivity index (χ0) is 17.2. The van der Waals surface area contributed by atoms with Crippen molar-refractivity contribution in [1.29, 1.82) is 0 Å². The van der Waals surface area contributed by atoms with Gasteiger partial charge in [-0.15, -0.1) is 10.2 Å². The van der Waals surface area contributed by atoms with E-state index in [2.05, 4.69) is 50.1 Å². The van der Waals surface area contributed by atoms with Crippen LogP contribution < -0.4 is 9.64 Å². The number of benzene rings is 1. The van der Waals surface area contributed by atoms with Crippen LogP contribution in [0.4, 0.5) is 5.82 Å². The second-order valence-electron chi connectivity index (χ2n) is 6.30. The molecule has 4 rings (SSSR count). The molecule has 1 atom stereocenters. The van der Waals surface area contributed by atoms with E-state index in [1.165, 1.54) is 5.56 Å². The highest BCUT2D eigenvalue weighted by Gasteiger charge is 2.23. The molecule has 0 spiro atoms. The van der Waals surface area contributed by atoms with Crippen molar-refractivity contribution in [3.63, 3.8) is 0 Å². The summed E-state index contributed by atoms with van der Waals surface area (Å²) in [5.74, 6) is 1.96. The summed E-state index contributed by atoms with van der Waals surface area (Å²) < 4.78 is 7.35. The Bertz CT molecular complexity index is 855. The van der Waals surface area contributed by atoms with E-state index in [0.717, 1.165) is 43.4 Å². The molecular formula is C18H22N6O. The quantitative estimate of drug-likeness (QED) is 0.725. The molecule has 25 heavy (non-hydrogen) atoms. The van der Waals surface area contributed by atoms with Gasteiger partial charge in [0.2, 0.25) is 0 Å². The predicted octanol–water partition coefficient (Wildman–Crippen LogP) is 2.02. The third-order valence-electron chi connectivity index (χ3n) is 4.96. The number of piperazine rings is 1. The van der Waals surface area contributed by atoms with Crippen molar-refractivity contribution < 1.29 is 4.74 Å². The minimum Gasteiger partial charge on any atom is -0.497 e. The highest BCUT2D eigenvalue weighted by molar-refractivity contribution is 5.47. The zero-order valence-corrected chi connectivity index (χ0v) is 14.5. The molecule has 0 bridgehead atoms. The van der Waals surface area contributed by atoms with Gasteiger partial charge >= 0.3 is 0 Å². The fourth-order valence-electron chi connectivity index (χ4n) is 3.43. The van der Waals surface area contributed by atoms with Crippen LogP contribution in [-0.2, 0) is 0 Å². The van der Waals surface area contributed by atoms with Gasteiger partial charge in [-0.25, -0.2) is 0 Å². The number of ether oxygens (including phenoxy) is 1. The van der Waals surface area contributed by atoms with Crippen LogP contribution in [0.1, 0.15) is 18.5 Å². The standard InChI is InChI=1S/C18H22N6O/c1-14(15-4-3-5-16(10-15)25-2)22-6-8-23(9-7-22)18-12-19-11-17-21-20-13-24(17)18/h3-5,10-14H,6-9H2,1-2H3. The van der Waals surface area contributed by atoms with Gasteiger partial charge < -0.3 is 9.64 Å². The summed E-state index contributed by atoms with van der Waals surface area (Å²) in [6, 6.07) is 8.70. The molecule has 7 heteroatoms. The van der Waals surface area contributed by atoms with Crippen molar-refractivity contribution in [2.75, 3.05) is 38.2 Å². The molecule has 0 radical (unpaired) electrons. The molecule has 1 aliphatic rings. The average molecular weight is 338 g/mol. The summed E-state index contributed by atoms with van der Waals surface area (Å²) >= 11 is 0. The Morgan fingerprint density at radius 2 is 1.96 bits per heavy atom. The van der Waals surface area contributed by atoms with Gasteiger partial charge in [0.25, 0.3) is 0 Å². The second-order valence-corrected chi connectivity index (χ2v) is 6.30. The van der Waals surface area contributed by atoms with Gasteiger partial charge in [-0.3, -0.25) is 14.3 Å². The number of aromatic nitrogens is 4. The Morgan fingerprint density at radius 1 is 1.12 bits per heavy atom. The summed E-state index contributed by atoms with van der Waals surface area (Å²) in [6.45, 7) is 6.15. The van der Waals surface area contributed by atoms with Crippen LogP contribution in [0.5, 0.6) is 5.75 Å². The number of nitrogens with zero attached hydrogens (tertiary/aromatic N) is 6. The summed E-state index contributed by atoms with van der Waals surface area (Å²) in [7, 11) is 1.71. The maximum absolute atomic E-state index is 5.35. The maximum Gasteiger partial charge on any atom is 0.180 e. The first-order valence-corrected chi connectivity index (χ1v) is 8.53. The molecule has 3 aromatic rings. The zero-order valence-electron chi connectivity index (χ0n) is 14.5. The summed E-state index contributed by atoms with van der Waals surface area (Å²) in [5.41, 5.74) is 2.07. The van der Waals surface area contributed by atoms with E-state index in [-0.39, 0.29) is 0 Å². The second kappa shape index (κ2) is 6.68. The van der Waals surface area contributed by atoms with Crippen molar-refractivity contribution in [2.45, 2.75) is 13.0 Å². The Hall–Kier alpha value is -2.67. The van der Waals surface area contributed by atoms with E-state index in [0.29, 0.717) is 6.04 Å².